The van der Waals surface area contributed by atoms with E-state index < -0.39 is 0 Å². The number of benzene rings is 1. The maximum absolute atomic E-state index is 12.9. The van der Waals surface area contributed by atoms with E-state index in [-0.39, 0.29) is 17.6 Å². The predicted octanol–water partition coefficient (Wildman–Crippen LogP) is 2.31. The number of nitrogens with one attached hydrogen (secondary N) is 1. The predicted molar refractivity (Wildman–Crippen MR) is 118 cm³/mol. The van der Waals surface area contributed by atoms with Gasteiger partial charge in [0.05, 0.1) is 6.54 Å². The molecule has 4 rings (SSSR count). The van der Waals surface area contributed by atoms with Crippen molar-refractivity contribution in [3.05, 3.63) is 64.0 Å². The van der Waals surface area contributed by atoms with Crippen LogP contribution in [0.3, 0.4) is 0 Å². The van der Waals surface area contributed by atoms with Crippen LogP contribution in [0.4, 0.5) is 0 Å². The normalized spacial score (nSPS) is 16.2. The third kappa shape index (κ3) is 4.80. The molecule has 2 aromatic heterocycles. The number of hydrogen-bond acceptors (Lipinski definition) is 5. The first-order valence-electron chi connectivity index (χ1n) is 10.7. The van der Waals surface area contributed by atoms with Crippen molar-refractivity contribution in [2.75, 3.05) is 20.6 Å². The quantitative estimate of drug-likeness (QED) is 0.658. The average molecular weight is 424 g/mol. The van der Waals surface area contributed by atoms with Crippen molar-refractivity contribution in [1.29, 1.82) is 0 Å². The first-order chi connectivity index (χ1) is 14.9. The number of aromatic nitrogens is 3. The number of aryl methyl sites for hydroxylation is 2. The summed E-state index contributed by atoms with van der Waals surface area (Å²) >= 11 is 0. The molecule has 1 atom stereocenters. The maximum Gasteiger partial charge on any atom is 0.345 e. The topological polar surface area (TPSA) is 85.3 Å². The second-order valence-corrected chi connectivity index (χ2v) is 8.37. The minimum Gasteiger partial charge on any atom is -0.461 e. The van der Waals surface area contributed by atoms with Gasteiger partial charge in [0.25, 0.3) is 5.91 Å². The van der Waals surface area contributed by atoms with Gasteiger partial charge in [0.1, 0.15) is 17.3 Å². The van der Waals surface area contributed by atoms with Crippen LogP contribution < -0.4 is 11.0 Å². The fourth-order valence-electron chi connectivity index (χ4n) is 3.88. The van der Waals surface area contributed by atoms with Crippen LogP contribution in [0.1, 0.15) is 34.8 Å². The molecule has 1 aliphatic rings. The van der Waals surface area contributed by atoms with Crippen molar-refractivity contribution in [2.45, 2.75) is 45.3 Å². The summed E-state index contributed by atoms with van der Waals surface area (Å²) in [6, 6.07) is 11.3. The molecule has 0 spiro atoms. The second kappa shape index (κ2) is 8.93. The van der Waals surface area contributed by atoms with E-state index in [1.807, 2.05) is 56.3 Å². The number of likely N-dealkylation sites (N-methyl/N-ethyl adjacent to an activating group) is 1. The lowest BCUT2D eigenvalue weighted by molar-refractivity contribution is 0.0933. The summed E-state index contributed by atoms with van der Waals surface area (Å²) in [4.78, 5) is 27.5. The van der Waals surface area contributed by atoms with E-state index in [0.717, 1.165) is 35.9 Å². The van der Waals surface area contributed by atoms with E-state index >= 15 is 0 Å². The van der Waals surface area contributed by atoms with Gasteiger partial charge in [-0.3, -0.25) is 9.36 Å². The molecule has 3 aromatic rings. The summed E-state index contributed by atoms with van der Waals surface area (Å²) in [5.74, 6) is 2.27. The van der Waals surface area contributed by atoms with Gasteiger partial charge in [0, 0.05) is 36.7 Å². The molecule has 0 saturated carbocycles. The van der Waals surface area contributed by atoms with E-state index in [0.29, 0.717) is 31.5 Å². The lowest BCUT2D eigenvalue weighted by Gasteiger charge is -2.16. The first kappa shape index (κ1) is 21.1. The number of amides is 1. The molecule has 31 heavy (non-hydrogen) atoms. The summed E-state index contributed by atoms with van der Waals surface area (Å²) in [5, 5.41) is 7.65. The highest BCUT2D eigenvalue weighted by Crippen LogP contribution is 2.23. The van der Waals surface area contributed by atoms with Crippen molar-refractivity contribution < 1.29 is 9.21 Å². The Labute approximate surface area is 181 Å². The monoisotopic (exact) mass is 423 g/mol. The molecule has 0 bridgehead atoms. The van der Waals surface area contributed by atoms with Crippen LogP contribution in [0.5, 0.6) is 0 Å². The number of furan rings is 1. The lowest BCUT2D eigenvalue weighted by Crippen LogP contribution is -2.36. The molecule has 1 amide bonds. The van der Waals surface area contributed by atoms with Gasteiger partial charge >= 0.3 is 5.69 Å². The minimum atomic E-state index is -0.113. The van der Waals surface area contributed by atoms with Gasteiger partial charge in [-0.05, 0) is 58.1 Å². The van der Waals surface area contributed by atoms with E-state index in [2.05, 4.69) is 10.4 Å². The Morgan fingerprint density at radius 1 is 1.26 bits per heavy atom. The largest absolute Gasteiger partial charge is 0.461 e. The Kier molecular flexibility index (Phi) is 6.08. The molecular formula is C23H29N5O3. The van der Waals surface area contributed by atoms with Crippen LogP contribution in [0, 0.1) is 6.92 Å². The summed E-state index contributed by atoms with van der Waals surface area (Å²) in [5.41, 5.74) is 1.41. The van der Waals surface area contributed by atoms with Crippen LogP contribution >= 0.6 is 0 Å². The van der Waals surface area contributed by atoms with Gasteiger partial charge in [0.2, 0.25) is 0 Å². The molecule has 8 heteroatoms. The molecule has 1 unspecified atom stereocenters. The van der Waals surface area contributed by atoms with Crippen molar-refractivity contribution in [2.24, 2.45) is 0 Å². The molecule has 0 aliphatic carbocycles. The summed E-state index contributed by atoms with van der Waals surface area (Å²) < 4.78 is 8.98. The molecule has 1 aliphatic heterocycles. The number of fused-ring (bicyclic) bond motifs is 1. The number of carbonyl (C=O) groups is 1. The zero-order chi connectivity index (χ0) is 22.0. The Morgan fingerprint density at radius 2 is 2.10 bits per heavy atom. The zero-order valence-corrected chi connectivity index (χ0v) is 18.3. The standard InChI is InChI=1S/C23H29N5O3/c1-16-7-9-20(31-16)17-5-4-6-18(15-17)22(29)24-19-8-10-21-25-28(14-13-26(2)3)23(30)27(21)12-11-19/h4-7,9,15,19H,8,10-14H2,1-3H3,(H,24,29). The third-order valence-electron chi connectivity index (χ3n) is 5.66. The SMILES string of the molecule is Cc1ccc(-c2cccc(C(=O)NC3CCc4nn(CCN(C)C)c(=O)n4CC3)c2)o1. The van der Waals surface area contributed by atoms with Gasteiger partial charge < -0.3 is 14.6 Å². The van der Waals surface area contributed by atoms with Gasteiger partial charge in [-0.1, -0.05) is 12.1 Å². The van der Waals surface area contributed by atoms with Crippen molar-refractivity contribution in [1.82, 2.24) is 24.6 Å². The molecule has 0 saturated heterocycles. The van der Waals surface area contributed by atoms with E-state index in [1.165, 1.54) is 0 Å². The second-order valence-electron chi connectivity index (χ2n) is 8.37. The molecule has 3 heterocycles. The van der Waals surface area contributed by atoms with Crippen molar-refractivity contribution >= 4 is 5.91 Å². The minimum absolute atomic E-state index is 0.00154. The fourth-order valence-corrected chi connectivity index (χ4v) is 3.88. The lowest BCUT2D eigenvalue weighted by atomic mass is 10.1. The van der Waals surface area contributed by atoms with E-state index in [1.54, 1.807) is 15.3 Å². The third-order valence-corrected chi connectivity index (χ3v) is 5.66. The van der Waals surface area contributed by atoms with E-state index in [9.17, 15) is 9.59 Å². The van der Waals surface area contributed by atoms with Crippen molar-refractivity contribution in [3.63, 3.8) is 0 Å². The smallest absolute Gasteiger partial charge is 0.345 e. The molecule has 0 radical (unpaired) electrons. The van der Waals surface area contributed by atoms with Gasteiger partial charge in [-0.2, -0.15) is 5.10 Å². The number of nitrogens with zero attached hydrogens (tertiary/aromatic N) is 4. The van der Waals surface area contributed by atoms with Crippen molar-refractivity contribution in [3.8, 4) is 11.3 Å². The number of carbonyl (C=O) groups excluding carboxylic acids is 1. The summed E-state index contributed by atoms with van der Waals surface area (Å²) in [6.07, 6.45) is 2.13. The highest BCUT2D eigenvalue weighted by atomic mass is 16.3. The molecular weight excluding hydrogens is 394 g/mol. The highest BCUT2D eigenvalue weighted by Gasteiger charge is 2.22. The zero-order valence-electron chi connectivity index (χ0n) is 18.3. The Morgan fingerprint density at radius 3 is 2.84 bits per heavy atom. The van der Waals surface area contributed by atoms with Crippen LogP contribution in [0.2, 0.25) is 0 Å². The average Bonchev–Trinajstić information content (AvgIpc) is 3.25. The molecule has 1 N–H and O–H groups in total. The number of hydrogen-bond donors (Lipinski definition) is 1. The van der Waals surface area contributed by atoms with Crippen LogP contribution in [0.15, 0.2) is 45.6 Å². The highest BCUT2D eigenvalue weighted by molar-refractivity contribution is 5.95. The summed E-state index contributed by atoms with van der Waals surface area (Å²) in [6.45, 7) is 3.81. The van der Waals surface area contributed by atoms with E-state index in [4.69, 9.17) is 4.42 Å². The van der Waals surface area contributed by atoms with Crippen LogP contribution in [-0.4, -0.2) is 51.8 Å². The van der Waals surface area contributed by atoms with Crippen LogP contribution in [-0.2, 0) is 19.5 Å². The number of rotatable bonds is 6. The van der Waals surface area contributed by atoms with Gasteiger partial charge in [-0.25, -0.2) is 9.48 Å². The Hall–Kier alpha value is -3.13. The Bertz CT molecular complexity index is 1120. The fraction of sp³-hybridized carbons (Fsp3) is 0.435. The van der Waals surface area contributed by atoms with Gasteiger partial charge in [-0.15, -0.1) is 0 Å². The van der Waals surface area contributed by atoms with Crippen LogP contribution in [0.25, 0.3) is 11.3 Å². The first-order valence-corrected chi connectivity index (χ1v) is 10.7. The van der Waals surface area contributed by atoms with Gasteiger partial charge in [0.15, 0.2) is 0 Å². The summed E-state index contributed by atoms with van der Waals surface area (Å²) in [7, 11) is 3.95. The Balaban J connectivity index is 1.40. The molecule has 164 valence electrons. The maximum atomic E-state index is 12.9. The molecule has 0 fully saturated rings. The molecule has 1 aromatic carbocycles. The molecule has 8 nitrogen and oxygen atoms in total.